The Balaban J connectivity index is 2.66. The molecule has 0 radical (unpaired) electrons. The van der Waals surface area contributed by atoms with Gasteiger partial charge in [-0.15, -0.1) is 0 Å². The highest BCUT2D eigenvalue weighted by molar-refractivity contribution is 5.76. The number of nitrogens with one attached hydrogen (secondary N) is 1. The first-order chi connectivity index (χ1) is 9.58. The molecule has 0 aliphatic heterocycles. The Hall–Kier alpha value is -1.59. The van der Waals surface area contributed by atoms with Crippen LogP contribution in [0.25, 0.3) is 0 Å². The van der Waals surface area contributed by atoms with Crippen molar-refractivity contribution in [3.05, 3.63) is 29.8 Å². The van der Waals surface area contributed by atoms with Gasteiger partial charge in [0.15, 0.2) is 0 Å². The Morgan fingerprint density at radius 2 is 2.10 bits per heavy atom. The summed E-state index contributed by atoms with van der Waals surface area (Å²) in [6, 6.07) is 8.00. The van der Waals surface area contributed by atoms with Gasteiger partial charge in [-0.05, 0) is 31.8 Å². The molecule has 0 aromatic heterocycles. The molecule has 1 amide bonds. The fourth-order valence-corrected chi connectivity index (χ4v) is 1.94. The maximum Gasteiger partial charge on any atom is 0.222 e. The topological polar surface area (TPSA) is 50.8 Å². The first-order valence-electron chi connectivity index (χ1n) is 6.64. The monoisotopic (exact) mass is 280 g/mol. The smallest absolute Gasteiger partial charge is 0.222 e. The fourth-order valence-electron chi connectivity index (χ4n) is 1.94. The molecule has 0 saturated heterocycles. The zero-order valence-electron chi connectivity index (χ0n) is 12.7. The van der Waals surface area contributed by atoms with E-state index in [2.05, 4.69) is 10.2 Å². The van der Waals surface area contributed by atoms with Crippen molar-refractivity contribution in [3.8, 4) is 5.75 Å². The molecule has 112 valence electrons. The zero-order chi connectivity index (χ0) is 15.0. The van der Waals surface area contributed by atoms with Crippen molar-refractivity contribution in [2.45, 2.75) is 12.5 Å². The molecule has 1 aromatic rings. The number of hydrogen-bond acceptors (Lipinski definition) is 4. The van der Waals surface area contributed by atoms with E-state index in [1.54, 1.807) is 14.2 Å². The Morgan fingerprint density at radius 3 is 2.70 bits per heavy atom. The van der Waals surface area contributed by atoms with E-state index in [0.717, 1.165) is 11.3 Å². The highest BCUT2D eigenvalue weighted by Gasteiger charge is 2.15. The summed E-state index contributed by atoms with van der Waals surface area (Å²) in [5, 5.41) is 2.93. The summed E-state index contributed by atoms with van der Waals surface area (Å²) >= 11 is 0. The number of rotatable bonds is 8. The van der Waals surface area contributed by atoms with Crippen molar-refractivity contribution < 1.29 is 14.3 Å². The van der Waals surface area contributed by atoms with Gasteiger partial charge in [0.05, 0.1) is 19.8 Å². The second-order valence-electron chi connectivity index (χ2n) is 4.80. The maximum absolute atomic E-state index is 11.6. The Bertz CT molecular complexity index is 421. The van der Waals surface area contributed by atoms with E-state index in [1.807, 2.05) is 38.4 Å². The molecule has 5 heteroatoms. The third-order valence-electron chi connectivity index (χ3n) is 3.13. The molecule has 20 heavy (non-hydrogen) atoms. The van der Waals surface area contributed by atoms with Gasteiger partial charge >= 0.3 is 0 Å². The average Bonchev–Trinajstić information content (AvgIpc) is 2.45. The molecule has 0 spiro atoms. The molecule has 1 unspecified atom stereocenters. The zero-order valence-corrected chi connectivity index (χ0v) is 12.7. The van der Waals surface area contributed by atoms with Gasteiger partial charge in [-0.25, -0.2) is 0 Å². The van der Waals surface area contributed by atoms with Crippen molar-refractivity contribution >= 4 is 5.91 Å². The van der Waals surface area contributed by atoms with Crippen molar-refractivity contribution in [2.24, 2.45) is 0 Å². The minimum atomic E-state index is 0.00148. The highest BCUT2D eigenvalue weighted by atomic mass is 16.5. The van der Waals surface area contributed by atoms with Crippen LogP contribution in [0.3, 0.4) is 0 Å². The third-order valence-corrected chi connectivity index (χ3v) is 3.13. The molecule has 0 bridgehead atoms. The van der Waals surface area contributed by atoms with E-state index in [1.165, 1.54) is 0 Å². The third kappa shape index (κ3) is 5.19. The molecule has 1 rings (SSSR count). The van der Waals surface area contributed by atoms with Crippen LogP contribution in [-0.2, 0) is 9.53 Å². The van der Waals surface area contributed by atoms with Gasteiger partial charge in [-0.3, -0.25) is 4.79 Å². The molecular weight excluding hydrogens is 256 g/mol. The summed E-state index contributed by atoms with van der Waals surface area (Å²) in [7, 11) is 7.22. The second-order valence-corrected chi connectivity index (χ2v) is 4.80. The lowest BCUT2D eigenvalue weighted by atomic mass is 10.1. The molecule has 0 saturated carbocycles. The van der Waals surface area contributed by atoms with Crippen molar-refractivity contribution in [3.63, 3.8) is 0 Å². The number of benzene rings is 1. The van der Waals surface area contributed by atoms with Crippen LogP contribution in [0, 0.1) is 0 Å². The van der Waals surface area contributed by atoms with Gasteiger partial charge in [0, 0.05) is 20.1 Å². The lowest BCUT2D eigenvalue weighted by Gasteiger charge is -2.25. The molecule has 0 heterocycles. The Morgan fingerprint density at radius 1 is 1.35 bits per heavy atom. The Kier molecular flexibility index (Phi) is 7.04. The SMILES string of the molecule is COCCC(=O)NCC(c1cccc(OC)c1)N(C)C. The molecule has 5 nitrogen and oxygen atoms in total. The van der Waals surface area contributed by atoms with E-state index < -0.39 is 0 Å². The minimum Gasteiger partial charge on any atom is -0.497 e. The predicted octanol–water partition coefficient (Wildman–Crippen LogP) is 1.45. The van der Waals surface area contributed by atoms with Gasteiger partial charge in [-0.2, -0.15) is 0 Å². The van der Waals surface area contributed by atoms with Gasteiger partial charge in [0.1, 0.15) is 5.75 Å². The van der Waals surface area contributed by atoms with Crippen LogP contribution in [0.15, 0.2) is 24.3 Å². The molecule has 0 aliphatic rings. The van der Waals surface area contributed by atoms with Crippen LogP contribution in [0.2, 0.25) is 0 Å². The molecule has 1 atom stereocenters. The van der Waals surface area contributed by atoms with Gasteiger partial charge < -0.3 is 19.7 Å². The van der Waals surface area contributed by atoms with Crippen LogP contribution < -0.4 is 10.1 Å². The lowest BCUT2D eigenvalue weighted by molar-refractivity contribution is -0.122. The molecule has 0 fully saturated rings. The molecule has 1 aromatic carbocycles. The summed E-state index contributed by atoms with van der Waals surface area (Å²) in [4.78, 5) is 13.7. The number of likely N-dealkylation sites (N-methyl/N-ethyl adjacent to an activating group) is 1. The summed E-state index contributed by atoms with van der Waals surface area (Å²) in [6.07, 6.45) is 0.384. The van der Waals surface area contributed by atoms with E-state index in [4.69, 9.17) is 9.47 Å². The second kappa shape index (κ2) is 8.55. The average molecular weight is 280 g/mol. The number of ether oxygens (including phenoxy) is 2. The van der Waals surface area contributed by atoms with Crippen LogP contribution in [-0.4, -0.2) is 52.3 Å². The highest BCUT2D eigenvalue weighted by Crippen LogP contribution is 2.22. The number of amides is 1. The number of carbonyl (C=O) groups is 1. The van der Waals surface area contributed by atoms with Crippen LogP contribution in [0.1, 0.15) is 18.0 Å². The normalized spacial score (nSPS) is 12.2. The number of methoxy groups -OCH3 is 2. The van der Waals surface area contributed by atoms with E-state index in [9.17, 15) is 4.79 Å². The summed E-state index contributed by atoms with van der Waals surface area (Å²) in [5.41, 5.74) is 1.11. The number of carbonyl (C=O) groups excluding carboxylic acids is 1. The van der Waals surface area contributed by atoms with Gasteiger partial charge in [0.2, 0.25) is 5.91 Å². The first kappa shape index (κ1) is 16.5. The molecular formula is C15H24N2O3. The van der Waals surface area contributed by atoms with Gasteiger partial charge in [0.25, 0.3) is 0 Å². The standard InChI is InChI=1S/C15H24N2O3/c1-17(2)14(11-16-15(18)8-9-19-3)12-6-5-7-13(10-12)20-4/h5-7,10,14H,8-9,11H2,1-4H3,(H,16,18). The first-order valence-corrected chi connectivity index (χ1v) is 6.64. The lowest BCUT2D eigenvalue weighted by Crippen LogP contribution is -2.34. The predicted molar refractivity (Wildman–Crippen MR) is 78.9 cm³/mol. The molecule has 1 N–H and O–H groups in total. The molecule has 0 aliphatic carbocycles. The van der Waals surface area contributed by atoms with E-state index >= 15 is 0 Å². The summed E-state index contributed by atoms with van der Waals surface area (Å²) < 4.78 is 10.1. The van der Waals surface area contributed by atoms with Crippen LogP contribution in [0.5, 0.6) is 5.75 Å². The van der Waals surface area contributed by atoms with Crippen LogP contribution in [0.4, 0.5) is 0 Å². The van der Waals surface area contributed by atoms with Crippen molar-refractivity contribution in [2.75, 3.05) is 41.5 Å². The van der Waals surface area contributed by atoms with E-state index in [0.29, 0.717) is 19.6 Å². The Labute approximate surface area is 120 Å². The number of nitrogens with zero attached hydrogens (tertiary/aromatic N) is 1. The summed E-state index contributed by atoms with van der Waals surface area (Å²) in [6.45, 7) is 1.00. The van der Waals surface area contributed by atoms with Crippen molar-refractivity contribution in [1.82, 2.24) is 10.2 Å². The summed E-state index contributed by atoms with van der Waals surface area (Å²) in [5.74, 6) is 0.821. The minimum absolute atomic E-state index is 0.00148. The van der Waals surface area contributed by atoms with Crippen molar-refractivity contribution in [1.29, 1.82) is 0 Å². The number of hydrogen-bond donors (Lipinski definition) is 1. The largest absolute Gasteiger partial charge is 0.497 e. The maximum atomic E-state index is 11.6. The fraction of sp³-hybridized carbons (Fsp3) is 0.533. The van der Waals surface area contributed by atoms with Gasteiger partial charge in [-0.1, -0.05) is 12.1 Å². The van der Waals surface area contributed by atoms with Crippen LogP contribution >= 0.6 is 0 Å². The van der Waals surface area contributed by atoms with E-state index in [-0.39, 0.29) is 11.9 Å². The quantitative estimate of drug-likeness (QED) is 0.783.